The van der Waals surface area contributed by atoms with Crippen molar-refractivity contribution in [2.75, 3.05) is 44.2 Å². The summed E-state index contributed by atoms with van der Waals surface area (Å²) in [7, 11) is 4.68. The van der Waals surface area contributed by atoms with E-state index >= 15 is 0 Å². The maximum Gasteiger partial charge on any atom is 0.223 e. The number of benzene rings is 1. The summed E-state index contributed by atoms with van der Waals surface area (Å²) >= 11 is 0. The predicted octanol–water partition coefficient (Wildman–Crippen LogP) is 2.26. The van der Waals surface area contributed by atoms with Crippen LogP contribution in [0.1, 0.15) is 6.92 Å². The maximum atomic E-state index is 5.73. The van der Waals surface area contributed by atoms with Gasteiger partial charge in [-0.25, -0.2) is 0 Å². The molecule has 0 saturated carbocycles. The summed E-state index contributed by atoms with van der Waals surface area (Å²) in [4.78, 5) is 8.27. The molecule has 1 aromatic carbocycles. The fraction of sp³-hybridized carbons (Fsp3) is 0.333. The number of nitrogen functional groups attached to an aromatic ring is 1. The van der Waals surface area contributed by atoms with Crippen LogP contribution < -0.4 is 30.6 Å². The highest BCUT2D eigenvalue weighted by molar-refractivity contribution is 5.68. The molecular weight excluding hydrogens is 298 g/mol. The first kappa shape index (κ1) is 16.5. The van der Waals surface area contributed by atoms with Crippen LogP contribution in [-0.4, -0.2) is 37.8 Å². The SMILES string of the molecule is CCNc1cc(Nc2cc(OC)c(OC)c(OC)c2)nc(N)n1. The normalized spacial score (nSPS) is 10.1. The van der Waals surface area contributed by atoms with Gasteiger partial charge in [0.05, 0.1) is 21.3 Å². The number of hydrogen-bond donors (Lipinski definition) is 3. The zero-order valence-electron chi connectivity index (χ0n) is 13.6. The van der Waals surface area contributed by atoms with Gasteiger partial charge in [-0.3, -0.25) is 0 Å². The van der Waals surface area contributed by atoms with Gasteiger partial charge in [0.2, 0.25) is 11.7 Å². The van der Waals surface area contributed by atoms with Gasteiger partial charge in [-0.05, 0) is 6.92 Å². The number of nitrogens with two attached hydrogens (primary N) is 1. The lowest BCUT2D eigenvalue weighted by atomic mass is 10.2. The quantitative estimate of drug-likeness (QED) is 0.714. The van der Waals surface area contributed by atoms with Crippen molar-refractivity contribution in [2.24, 2.45) is 0 Å². The molecule has 4 N–H and O–H groups in total. The Morgan fingerprint density at radius 2 is 1.57 bits per heavy atom. The van der Waals surface area contributed by atoms with Gasteiger partial charge in [0.1, 0.15) is 11.6 Å². The van der Waals surface area contributed by atoms with Crippen LogP contribution >= 0.6 is 0 Å². The summed E-state index contributed by atoms with van der Waals surface area (Å²) in [6, 6.07) is 5.34. The average Bonchev–Trinajstić information content (AvgIpc) is 2.53. The first-order valence-electron chi connectivity index (χ1n) is 7.06. The Balaban J connectivity index is 2.36. The molecule has 0 unspecified atom stereocenters. The van der Waals surface area contributed by atoms with E-state index in [1.807, 2.05) is 6.92 Å². The van der Waals surface area contributed by atoms with Crippen molar-refractivity contribution in [3.8, 4) is 17.2 Å². The lowest BCUT2D eigenvalue weighted by Gasteiger charge is -2.15. The summed E-state index contributed by atoms with van der Waals surface area (Å²) in [5.74, 6) is 3.00. The van der Waals surface area contributed by atoms with Crippen LogP contribution in [0.3, 0.4) is 0 Å². The van der Waals surface area contributed by atoms with Gasteiger partial charge in [0.15, 0.2) is 11.5 Å². The van der Waals surface area contributed by atoms with E-state index in [4.69, 9.17) is 19.9 Å². The first-order valence-corrected chi connectivity index (χ1v) is 7.06. The average molecular weight is 319 g/mol. The van der Waals surface area contributed by atoms with Crippen LogP contribution in [0.25, 0.3) is 0 Å². The zero-order valence-corrected chi connectivity index (χ0v) is 13.6. The van der Waals surface area contributed by atoms with E-state index in [-0.39, 0.29) is 5.95 Å². The van der Waals surface area contributed by atoms with Crippen LogP contribution in [-0.2, 0) is 0 Å². The molecule has 0 radical (unpaired) electrons. The van der Waals surface area contributed by atoms with Crippen LogP contribution in [0.4, 0.5) is 23.3 Å². The third kappa shape index (κ3) is 3.85. The van der Waals surface area contributed by atoms with E-state index in [0.717, 1.165) is 12.2 Å². The van der Waals surface area contributed by atoms with Gasteiger partial charge in [0.25, 0.3) is 0 Å². The van der Waals surface area contributed by atoms with Gasteiger partial charge >= 0.3 is 0 Å². The Morgan fingerprint density at radius 3 is 2.09 bits per heavy atom. The van der Waals surface area contributed by atoms with Crippen LogP contribution in [0.5, 0.6) is 17.2 Å². The molecule has 124 valence electrons. The number of nitrogens with one attached hydrogen (secondary N) is 2. The lowest BCUT2D eigenvalue weighted by Crippen LogP contribution is -2.06. The Hall–Kier alpha value is -2.90. The Labute approximate surface area is 135 Å². The number of methoxy groups -OCH3 is 3. The van der Waals surface area contributed by atoms with Gasteiger partial charge in [0, 0.05) is 30.4 Å². The summed E-state index contributed by atoms with van der Waals surface area (Å²) in [5.41, 5.74) is 6.45. The van der Waals surface area contributed by atoms with Crippen molar-refractivity contribution in [3.63, 3.8) is 0 Å². The van der Waals surface area contributed by atoms with Gasteiger partial charge in [-0.2, -0.15) is 9.97 Å². The molecule has 0 amide bonds. The molecule has 23 heavy (non-hydrogen) atoms. The van der Waals surface area contributed by atoms with E-state index in [0.29, 0.717) is 28.9 Å². The number of anilines is 4. The minimum Gasteiger partial charge on any atom is -0.493 e. The largest absolute Gasteiger partial charge is 0.493 e. The molecule has 1 heterocycles. The second-order valence-corrected chi connectivity index (χ2v) is 4.57. The van der Waals surface area contributed by atoms with Crippen molar-refractivity contribution in [2.45, 2.75) is 6.92 Å². The molecule has 0 saturated heterocycles. The molecule has 8 nitrogen and oxygen atoms in total. The number of nitrogens with zero attached hydrogens (tertiary/aromatic N) is 2. The predicted molar refractivity (Wildman–Crippen MR) is 90.0 cm³/mol. The van der Waals surface area contributed by atoms with Gasteiger partial charge < -0.3 is 30.6 Å². The molecule has 0 bridgehead atoms. The third-order valence-corrected chi connectivity index (χ3v) is 3.04. The smallest absolute Gasteiger partial charge is 0.223 e. The molecule has 0 aliphatic heterocycles. The van der Waals surface area contributed by atoms with E-state index < -0.39 is 0 Å². The molecule has 0 spiro atoms. The van der Waals surface area contributed by atoms with E-state index in [9.17, 15) is 0 Å². The van der Waals surface area contributed by atoms with Crippen molar-refractivity contribution in [1.82, 2.24) is 9.97 Å². The van der Waals surface area contributed by atoms with E-state index in [2.05, 4.69) is 20.6 Å². The second kappa shape index (κ2) is 7.39. The fourth-order valence-electron chi connectivity index (χ4n) is 2.10. The molecule has 0 atom stereocenters. The molecular formula is C15H21N5O3. The highest BCUT2D eigenvalue weighted by atomic mass is 16.5. The minimum absolute atomic E-state index is 0.179. The highest BCUT2D eigenvalue weighted by Crippen LogP contribution is 2.40. The molecule has 2 aromatic rings. The van der Waals surface area contributed by atoms with Crippen LogP contribution in [0.15, 0.2) is 18.2 Å². The fourth-order valence-corrected chi connectivity index (χ4v) is 2.10. The molecule has 0 aliphatic carbocycles. The lowest BCUT2D eigenvalue weighted by molar-refractivity contribution is 0.324. The van der Waals surface area contributed by atoms with Crippen molar-refractivity contribution < 1.29 is 14.2 Å². The molecule has 0 aliphatic rings. The van der Waals surface area contributed by atoms with Crippen molar-refractivity contribution >= 4 is 23.3 Å². The number of rotatable bonds is 7. The summed E-state index contributed by atoms with van der Waals surface area (Å²) in [5, 5.41) is 6.26. The summed E-state index contributed by atoms with van der Waals surface area (Å²) in [6.45, 7) is 2.71. The highest BCUT2D eigenvalue weighted by Gasteiger charge is 2.14. The summed E-state index contributed by atoms with van der Waals surface area (Å²) in [6.07, 6.45) is 0. The molecule has 8 heteroatoms. The molecule has 1 aromatic heterocycles. The molecule has 0 fully saturated rings. The second-order valence-electron chi connectivity index (χ2n) is 4.57. The Kier molecular flexibility index (Phi) is 5.29. The van der Waals surface area contributed by atoms with E-state index in [1.54, 1.807) is 39.5 Å². The van der Waals surface area contributed by atoms with Crippen molar-refractivity contribution in [3.05, 3.63) is 18.2 Å². The first-order chi connectivity index (χ1) is 11.1. The maximum absolute atomic E-state index is 5.73. The molecule has 2 rings (SSSR count). The summed E-state index contributed by atoms with van der Waals surface area (Å²) < 4.78 is 16.0. The topological polar surface area (TPSA) is 104 Å². The van der Waals surface area contributed by atoms with Crippen LogP contribution in [0, 0.1) is 0 Å². The van der Waals surface area contributed by atoms with Gasteiger partial charge in [-0.1, -0.05) is 0 Å². The third-order valence-electron chi connectivity index (χ3n) is 3.04. The van der Waals surface area contributed by atoms with Crippen molar-refractivity contribution in [1.29, 1.82) is 0 Å². The standard InChI is InChI=1S/C15H21N5O3/c1-5-17-12-8-13(20-15(16)19-12)18-9-6-10(21-2)14(23-4)11(7-9)22-3/h6-8H,5H2,1-4H3,(H4,16,17,18,19,20). The monoisotopic (exact) mass is 319 g/mol. The van der Waals surface area contributed by atoms with Gasteiger partial charge in [-0.15, -0.1) is 0 Å². The number of hydrogen-bond acceptors (Lipinski definition) is 8. The van der Waals surface area contributed by atoms with Crippen LogP contribution in [0.2, 0.25) is 0 Å². The minimum atomic E-state index is 0.179. The number of ether oxygens (including phenoxy) is 3. The Morgan fingerprint density at radius 1 is 0.957 bits per heavy atom. The zero-order chi connectivity index (χ0) is 16.8. The number of aromatic nitrogens is 2. The van der Waals surface area contributed by atoms with E-state index in [1.165, 1.54) is 0 Å². The Bertz CT molecular complexity index is 653.